The van der Waals surface area contributed by atoms with E-state index >= 15 is 0 Å². The van der Waals surface area contributed by atoms with E-state index in [0.717, 1.165) is 6.42 Å². The Morgan fingerprint density at radius 1 is 1.13 bits per heavy atom. The number of para-hydroxylation sites is 1. The SMILES string of the molecule is CC[C@H](C)c1ccc(NC(=O)COC(=O)CCc2nc3ccccc3c(=O)n2C)cc1. The van der Waals surface area contributed by atoms with Gasteiger partial charge in [0.1, 0.15) is 5.82 Å². The summed E-state index contributed by atoms with van der Waals surface area (Å²) in [5, 5.41) is 3.25. The van der Waals surface area contributed by atoms with Crippen molar-refractivity contribution >= 4 is 28.5 Å². The number of benzene rings is 2. The number of amides is 1. The first kappa shape index (κ1) is 22.2. The maximum atomic E-state index is 12.4. The lowest BCUT2D eigenvalue weighted by Gasteiger charge is -2.11. The van der Waals surface area contributed by atoms with Gasteiger partial charge in [-0.15, -0.1) is 0 Å². The van der Waals surface area contributed by atoms with Crippen molar-refractivity contribution < 1.29 is 14.3 Å². The van der Waals surface area contributed by atoms with Crippen LogP contribution in [0.25, 0.3) is 10.9 Å². The van der Waals surface area contributed by atoms with Gasteiger partial charge in [-0.2, -0.15) is 0 Å². The molecule has 1 N–H and O–H groups in total. The molecule has 0 fully saturated rings. The fourth-order valence-electron chi connectivity index (χ4n) is 3.25. The molecule has 0 aliphatic heterocycles. The number of aromatic nitrogens is 2. The van der Waals surface area contributed by atoms with Gasteiger partial charge in [0.2, 0.25) is 0 Å². The van der Waals surface area contributed by atoms with Crippen molar-refractivity contribution in [2.75, 3.05) is 11.9 Å². The number of nitrogens with one attached hydrogen (secondary N) is 1. The summed E-state index contributed by atoms with van der Waals surface area (Å²) in [6.45, 7) is 3.92. The Morgan fingerprint density at radius 2 is 1.84 bits per heavy atom. The molecule has 31 heavy (non-hydrogen) atoms. The van der Waals surface area contributed by atoms with Crippen LogP contribution in [-0.4, -0.2) is 28.0 Å². The molecule has 1 amide bonds. The molecule has 0 radical (unpaired) electrons. The molecule has 7 nitrogen and oxygen atoms in total. The second-order valence-electron chi connectivity index (χ2n) is 7.55. The zero-order valence-electron chi connectivity index (χ0n) is 18.1. The molecule has 1 atom stereocenters. The van der Waals surface area contributed by atoms with Gasteiger partial charge in [-0.1, -0.05) is 38.1 Å². The Morgan fingerprint density at radius 3 is 2.55 bits per heavy atom. The summed E-state index contributed by atoms with van der Waals surface area (Å²) in [5.41, 5.74) is 2.30. The predicted octanol–water partition coefficient (Wildman–Crippen LogP) is 3.56. The third-order valence-corrected chi connectivity index (χ3v) is 5.37. The molecule has 0 saturated heterocycles. The standard InChI is InChI=1S/C24H27N3O4/c1-4-16(2)17-9-11-18(12-10-17)25-22(28)15-31-23(29)14-13-21-26-20-8-6-5-7-19(20)24(30)27(21)3/h5-12,16H,4,13-15H2,1-3H3,(H,25,28)/t16-/m0/s1. The largest absolute Gasteiger partial charge is 0.456 e. The van der Waals surface area contributed by atoms with E-state index in [1.54, 1.807) is 25.2 Å². The Kier molecular flexibility index (Phi) is 7.18. The van der Waals surface area contributed by atoms with Crippen LogP contribution >= 0.6 is 0 Å². The zero-order valence-corrected chi connectivity index (χ0v) is 18.1. The monoisotopic (exact) mass is 421 g/mol. The topological polar surface area (TPSA) is 90.3 Å². The number of rotatable bonds is 8. The number of aryl methyl sites for hydroxylation is 1. The first-order chi connectivity index (χ1) is 14.9. The number of esters is 1. The molecule has 3 rings (SSSR count). The molecule has 0 spiro atoms. The van der Waals surface area contributed by atoms with E-state index in [1.165, 1.54) is 10.1 Å². The Labute approximate surface area is 181 Å². The summed E-state index contributed by atoms with van der Waals surface area (Å²) in [5.74, 6) is 0.0272. The van der Waals surface area contributed by atoms with Crippen LogP contribution in [0.2, 0.25) is 0 Å². The first-order valence-corrected chi connectivity index (χ1v) is 10.4. The molecule has 0 saturated carbocycles. The molecule has 2 aromatic carbocycles. The van der Waals surface area contributed by atoms with Crippen molar-refractivity contribution in [2.24, 2.45) is 7.05 Å². The van der Waals surface area contributed by atoms with Gasteiger partial charge in [-0.25, -0.2) is 4.98 Å². The molecule has 0 bridgehead atoms. The fourth-order valence-corrected chi connectivity index (χ4v) is 3.25. The van der Waals surface area contributed by atoms with Crippen LogP contribution < -0.4 is 10.9 Å². The van der Waals surface area contributed by atoms with Crippen LogP contribution in [0.3, 0.4) is 0 Å². The lowest BCUT2D eigenvalue weighted by atomic mass is 9.99. The van der Waals surface area contributed by atoms with Crippen molar-refractivity contribution in [3.63, 3.8) is 0 Å². The van der Waals surface area contributed by atoms with Crippen molar-refractivity contribution in [1.82, 2.24) is 9.55 Å². The molecule has 3 aromatic rings. The molecular weight excluding hydrogens is 394 g/mol. The third kappa shape index (κ3) is 5.57. The molecule has 0 unspecified atom stereocenters. The minimum atomic E-state index is -0.523. The number of anilines is 1. The number of ether oxygens (including phenoxy) is 1. The van der Waals surface area contributed by atoms with E-state index < -0.39 is 11.9 Å². The van der Waals surface area contributed by atoms with Crippen LogP contribution in [-0.2, 0) is 27.8 Å². The van der Waals surface area contributed by atoms with Gasteiger partial charge in [0.15, 0.2) is 6.61 Å². The van der Waals surface area contributed by atoms with Gasteiger partial charge in [0.25, 0.3) is 11.5 Å². The predicted molar refractivity (Wildman–Crippen MR) is 120 cm³/mol. The number of nitrogens with zero attached hydrogens (tertiary/aromatic N) is 2. The highest BCUT2D eigenvalue weighted by Gasteiger charge is 2.12. The average Bonchev–Trinajstić information content (AvgIpc) is 2.79. The highest BCUT2D eigenvalue weighted by Crippen LogP contribution is 2.20. The van der Waals surface area contributed by atoms with Crippen molar-refractivity contribution in [3.05, 3.63) is 70.3 Å². The van der Waals surface area contributed by atoms with E-state index in [4.69, 9.17) is 4.74 Å². The van der Waals surface area contributed by atoms with Gasteiger partial charge < -0.3 is 10.1 Å². The van der Waals surface area contributed by atoms with Crippen molar-refractivity contribution in [2.45, 2.75) is 39.0 Å². The van der Waals surface area contributed by atoms with E-state index in [0.29, 0.717) is 28.3 Å². The van der Waals surface area contributed by atoms with Crippen LogP contribution in [0.15, 0.2) is 53.3 Å². The minimum absolute atomic E-state index is 0.0233. The lowest BCUT2D eigenvalue weighted by Crippen LogP contribution is -2.24. The molecular formula is C24H27N3O4. The Hall–Kier alpha value is -3.48. The second kappa shape index (κ2) is 10.0. The van der Waals surface area contributed by atoms with Crippen molar-refractivity contribution in [1.29, 1.82) is 0 Å². The van der Waals surface area contributed by atoms with Crippen LogP contribution in [0.1, 0.15) is 44.0 Å². The Balaban J connectivity index is 1.50. The van der Waals surface area contributed by atoms with Crippen molar-refractivity contribution in [3.8, 4) is 0 Å². The maximum Gasteiger partial charge on any atom is 0.306 e. The number of fused-ring (bicyclic) bond motifs is 1. The normalized spacial score (nSPS) is 11.8. The maximum absolute atomic E-state index is 12.4. The highest BCUT2D eigenvalue weighted by molar-refractivity contribution is 5.92. The van der Waals surface area contributed by atoms with Gasteiger partial charge >= 0.3 is 5.97 Å². The first-order valence-electron chi connectivity index (χ1n) is 10.4. The van der Waals surface area contributed by atoms with E-state index in [2.05, 4.69) is 24.1 Å². The second-order valence-corrected chi connectivity index (χ2v) is 7.55. The Bertz CT molecular complexity index is 1140. The minimum Gasteiger partial charge on any atom is -0.456 e. The summed E-state index contributed by atoms with van der Waals surface area (Å²) in [7, 11) is 1.63. The van der Waals surface area contributed by atoms with E-state index in [1.807, 2.05) is 30.3 Å². The number of carbonyl (C=O) groups is 2. The number of carbonyl (C=O) groups excluding carboxylic acids is 2. The number of hydrogen-bond acceptors (Lipinski definition) is 5. The van der Waals surface area contributed by atoms with Crippen LogP contribution in [0.5, 0.6) is 0 Å². The van der Waals surface area contributed by atoms with Gasteiger partial charge in [-0.05, 0) is 42.2 Å². The van der Waals surface area contributed by atoms with Gasteiger partial charge in [0, 0.05) is 19.2 Å². The van der Waals surface area contributed by atoms with Crippen LogP contribution in [0, 0.1) is 0 Å². The highest BCUT2D eigenvalue weighted by atomic mass is 16.5. The molecule has 0 aliphatic carbocycles. The summed E-state index contributed by atoms with van der Waals surface area (Å²) >= 11 is 0. The van der Waals surface area contributed by atoms with E-state index in [9.17, 15) is 14.4 Å². The molecule has 162 valence electrons. The average molecular weight is 421 g/mol. The molecule has 0 aliphatic rings. The molecule has 1 aromatic heterocycles. The molecule has 7 heteroatoms. The summed E-state index contributed by atoms with van der Waals surface area (Å²) in [4.78, 5) is 41.0. The molecule has 1 heterocycles. The third-order valence-electron chi connectivity index (χ3n) is 5.37. The fraction of sp³-hybridized carbons (Fsp3) is 0.333. The van der Waals surface area contributed by atoms with E-state index in [-0.39, 0.29) is 25.0 Å². The summed E-state index contributed by atoms with van der Waals surface area (Å²) < 4.78 is 6.50. The quantitative estimate of drug-likeness (QED) is 0.562. The lowest BCUT2D eigenvalue weighted by molar-refractivity contribution is -0.147. The van der Waals surface area contributed by atoms with Gasteiger partial charge in [0.05, 0.1) is 17.3 Å². The number of hydrogen-bond donors (Lipinski definition) is 1. The van der Waals surface area contributed by atoms with Gasteiger partial charge in [-0.3, -0.25) is 19.0 Å². The summed E-state index contributed by atoms with van der Waals surface area (Å²) in [6.07, 6.45) is 1.31. The van der Waals surface area contributed by atoms with Crippen LogP contribution in [0.4, 0.5) is 5.69 Å². The zero-order chi connectivity index (χ0) is 22.4. The summed E-state index contributed by atoms with van der Waals surface area (Å²) in [6, 6.07) is 14.7. The smallest absolute Gasteiger partial charge is 0.306 e.